The lowest BCUT2D eigenvalue weighted by atomic mass is 10.1. The number of hydrogen-bond donors (Lipinski definition) is 3. The van der Waals surface area contributed by atoms with Crippen LogP contribution in [-0.2, 0) is 6.42 Å². The summed E-state index contributed by atoms with van der Waals surface area (Å²) in [6.07, 6.45) is 2.34. The van der Waals surface area contributed by atoms with Crippen molar-refractivity contribution in [3.05, 3.63) is 63.5 Å². The van der Waals surface area contributed by atoms with Gasteiger partial charge in [-0.3, -0.25) is 19.7 Å². The fourth-order valence-corrected chi connectivity index (χ4v) is 2.51. The second-order valence-corrected chi connectivity index (χ2v) is 6.07. The molecule has 8 nitrogen and oxygen atoms in total. The number of rotatable bonds is 5. The lowest BCUT2D eigenvalue weighted by Gasteiger charge is -2.11. The predicted molar refractivity (Wildman–Crippen MR) is 96.7 cm³/mol. The van der Waals surface area contributed by atoms with Gasteiger partial charge in [0.15, 0.2) is 5.82 Å². The van der Waals surface area contributed by atoms with E-state index in [1.54, 1.807) is 19.2 Å². The maximum absolute atomic E-state index is 12.4. The summed E-state index contributed by atoms with van der Waals surface area (Å²) >= 11 is 0. The fraction of sp³-hybridized carbons (Fsp3) is 0.278. The molecule has 0 bridgehead atoms. The van der Waals surface area contributed by atoms with E-state index in [9.17, 15) is 9.59 Å². The molecular formula is C18H20N6O2. The molecule has 0 aliphatic rings. The Morgan fingerprint density at radius 1 is 1.31 bits per heavy atom. The van der Waals surface area contributed by atoms with Gasteiger partial charge in [0.2, 0.25) is 5.56 Å². The molecule has 3 aromatic heterocycles. The Morgan fingerprint density at radius 2 is 2.12 bits per heavy atom. The summed E-state index contributed by atoms with van der Waals surface area (Å²) in [4.78, 5) is 35.4. The van der Waals surface area contributed by atoms with E-state index in [0.717, 1.165) is 5.56 Å². The molecule has 26 heavy (non-hydrogen) atoms. The van der Waals surface area contributed by atoms with E-state index in [2.05, 4.69) is 30.5 Å². The Labute approximate surface area is 150 Å². The lowest BCUT2D eigenvalue weighted by Crippen LogP contribution is -2.28. The van der Waals surface area contributed by atoms with Crippen LogP contribution in [0.4, 0.5) is 0 Å². The highest BCUT2D eigenvalue weighted by atomic mass is 16.2. The molecule has 3 heterocycles. The van der Waals surface area contributed by atoms with Crippen molar-refractivity contribution in [2.75, 3.05) is 0 Å². The van der Waals surface area contributed by atoms with Gasteiger partial charge in [-0.25, -0.2) is 4.98 Å². The average molecular weight is 352 g/mol. The zero-order chi connectivity index (χ0) is 18.7. The summed E-state index contributed by atoms with van der Waals surface area (Å²) in [5, 5.41) is 9.82. The van der Waals surface area contributed by atoms with Crippen molar-refractivity contribution in [1.29, 1.82) is 0 Å². The summed E-state index contributed by atoms with van der Waals surface area (Å²) in [6, 6.07) is 6.33. The SMILES string of the molecule is CCc1cc(C(=O)NC(C)c2nc(-c3cc(C)ccn3)n[nH]2)cc(=O)[nH]1. The first-order chi connectivity index (χ1) is 12.5. The van der Waals surface area contributed by atoms with Crippen LogP contribution >= 0.6 is 0 Å². The molecule has 0 radical (unpaired) electrons. The van der Waals surface area contributed by atoms with Gasteiger partial charge in [0.1, 0.15) is 11.5 Å². The third-order valence-electron chi connectivity index (χ3n) is 3.95. The molecule has 134 valence electrons. The van der Waals surface area contributed by atoms with Crippen LogP contribution in [0.1, 0.15) is 47.3 Å². The van der Waals surface area contributed by atoms with Gasteiger partial charge in [-0.05, 0) is 44.0 Å². The predicted octanol–water partition coefficient (Wildman–Crippen LogP) is 1.92. The Kier molecular flexibility index (Phi) is 4.92. The molecule has 0 aromatic carbocycles. The van der Waals surface area contributed by atoms with Crippen LogP contribution in [0, 0.1) is 6.92 Å². The van der Waals surface area contributed by atoms with Gasteiger partial charge in [0.25, 0.3) is 5.91 Å². The van der Waals surface area contributed by atoms with Crippen molar-refractivity contribution in [2.24, 2.45) is 0 Å². The minimum atomic E-state index is -0.405. The number of nitrogens with one attached hydrogen (secondary N) is 3. The highest BCUT2D eigenvalue weighted by molar-refractivity contribution is 5.94. The Hall–Kier alpha value is -3.29. The van der Waals surface area contributed by atoms with Gasteiger partial charge in [-0.1, -0.05) is 6.92 Å². The van der Waals surface area contributed by atoms with E-state index in [1.807, 2.05) is 26.0 Å². The van der Waals surface area contributed by atoms with E-state index in [1.165, 1.54) is 6.07 Å². The van der Waals surface area contributed by atoms with Gasteiger partial charge >= 0.3 is 0 Å². The van der Waals surface area contributed by atoms with Crippen molar-refractivity contribution < 1.29 is 4.79 Å². The summed E-state index contributed by atoms with van der Waals surface area (Å²) in [6.45, 7) is 5.67. The van der Waals surface area contributed by atoms with Crippen molar-refractivity contribution in [1.82, 2.24) is 30.5 Å². The van der Waals surface area contributed by atoms with Crippen LogP contribution in [0.2, 0.25) is 0 Å². The summed E-state index contributed by atoms with van der Waals surface area (Å²) < 4.78 is 0. The maximum atomic E-state index is 12.4. The smallest absolute Gasteiger partial charge is 0.252 e. The standard InChI is InChI=1S/C18H20N6O2/c1-4-13-8-12(9-15(25)21-13)18(26)20-11(3)16-22-17(24-23-16)14-7-10(2)5-6-19-14/h5-9,11H,4H2,1-3H3,(H,20,26)(H,21,25)(H,22,23,24). The third-order valence-corrected chi connectivity index (χ3v) is 3.95. The Balaban J connectivity index is 1.76. The fourth-order valence-electron chi connectivity index (χ4n) is 2.51. The van der Waals surface area contributed by atoms with Gasteiger partial charge < -0.3 is 10.3 Å². The number of aromatic amines is 2. The van der Waals surface area contributed by atoms with E-state index in [0.29, 0.717) is 35.0 Å². The first-order valence-electron chi connectivity index (χ1n) is 8.35. The van der Waals surface area contributed by atoms with Crippen LogP contribution in [0.25, 0.3) is 11.5 Å². The summed E-state index contributed by atoms with van der Waals surface area (Å²) in [7, 11) is 0. The van der Waals surface area contributed by atoms with E-state index in [-0.39, 0.29) is 11.5 Å². The van der Waals surface area contributed by atoms with Crippen LogP contribution in [0.5, 0.6) is 0 Å². The number of carbonyl (C=O) groups is 1. The van der Waals surface area contributed by atoms with Gasteiger partial charge in [-0.15, -0.1) is 0 Å². The Bertz CT molecular complexity index is 991. The number of aryl methyl sites for hydroxylation is 2. The number of hydrogen-bond acceptors (Lipinski definition) is 5. The van der Waals surface area contributed by atoms with Crippen LogP contribution in [-0.4, -0.2) is 31.1 Å². The lowest BCUT2D eigenvalue weighted by molar-refractivity contribution is 0.0938. The van der Waals surface area contributed by atoms with Crippen molar-refractivity contribution in [3.63, 3.8) is 0 Å². The minimum absolute atomic E-state index is 0.297. The van der Waals surface area contributed by atoms with E-state index in [4.69, 9.17) is 0 Å². The van der Waals surface area contributed by atoms with Crippen LogP contribution in [0.15, 0.2) is 35.3 Å². The molecule has 3 rings (SSSR count). The van der Waals surface area contributed by atoms with E-state index >= 15 is 0 Å². The number of aromatic nitrogens is 5. The maximum Gasteiger partial charge on any atom is 0.252 e. The molecule has 3 aromatic rings. The van der Waals surface area contributed by atoms with Crippen LogP contribution in [0.3, 0.4) is 0 Å². The molecule has 0 saturated carbocycles. The molecule has 1 amide bonds. The first-order valence-corrected chi connectivity index (χ1v) is 8.35. The minimum Gasteiger partial charge on any atom is -0.342 e. The Morgan fingerprint density at radius 3 is 2.85 bits per heavy atom. The largest absolute Gasteiger partial charge is 0.342 e. The molecule has 1 atom stereocenters. The molecular weight excluding hydrogens is 332 g/mol. The first kappa shape index (κ1) is 17.5. The highest BCUT2D eigenvalue weighted by Crippen LogP contribution is 2.16. The van der Waals surface area contributed by atoms with E-state index < -0.39 is 6.04 Å². The number of H-pyrrole nitrogens is 2. The number of pyridine rings is 2. The average Bonchev–Trinajstić information content (AvgIpc) is 3.11. The topological polar surface area (TPSA) is 116 Å². The van der Waals surface area contributed by atoms with Gasteiger partial charge in [0, 0.05) is 23.5 Å². The summed E-state index contributed by atoms with van der Waals surface area (Å²) in [5.41, 5.74) is 2.45. The normalized spacial score (nSPS) is 12.0. The molecule has 0 aliphatic carbocycles. The second-order valence-electron chi connectivity index (χ2n) is 6.07. The van der Waals surface area contributed by atoms with Crippen molar-refractivity contribution in [2.45, 2.75) is 33.2 Å². The molecule has 0 fully saturated rings. The molecule has 0 aliphatic heterocycles. The number of carbonyl (C=O) groups excluding carboxylic acids is 1. The van der Waals surface area contributed by atoms with Crippen molar-refractivity contribution in [3.8, 4) is 11.5 Å². The van der Waals surface area contributed by atoms with Crippen LogP contribution < -0.4 is 10.9 Å². The third kappa shape index (κ3) is 3.85. The monoisotopic (exact) mass is 352 g/mol. The zero-order valence-corrected chi connectivity index (χ0v) is 14.8. The summed E-state index contributed by atoms with van der Waals surface area (Å²) in [5.74, 6) is 0.636. The molecule has 0 spiro atoms. The van der Waals surface area contributed by atoms with Gasteiger partial charge in [0.05, 0.1) is 6.04 Å². The molecule has 8 heteroatoms. The zero-order valence-electron chi connectivity index (χ0n) is 14.8. The second kappa shape index (κ2) is 7.30. The molecule has 1 unspecified atom stereocenters. The molecule has 3 N–H and O–H groups in total. The molecule has 0 saturated heterocycles. The number of amides is 1. The highest BCUT2D eigenvalue weighted by Gasteiger charge is 2.17. The van der Waals surface area contributed by atoms with Gasteiger partial charge in [-0.2, -0.15) is 5.10 Å². The van der Waals surface area contributed by atoms with Crippen molar-refractivity contribution >= 4 is 5.91 Å². The number of nitrogens with zero attached hydrogens (tertiary/aromatic N) is 3. The quantitative estimate of drug-likeness (QED) is 0.648.